The zero-order valence-corrected chi connectivity index (χ0v) is 17.0. The van der Waals surface area contributed by atoms with Gasteiger partial charge in [0.1, 0.15) is 5.75 Å². The van der Waals surface area contributed by atoms with Crippen LogP contribution in [0.1, 0.15) is 12.8 Å². The van der Waals surface area contributed by atoms with Crippen LogP contribution in [0.2, 0.25) is 5.02 Å². The second-order valence-electron chi connectivity index (χ2n) is 7.19. The first-order chi connectivity index (χ1) is 14.6. The van der Waals surface area contributed by atoms with Gasteiger partial charge in [-0.2, -0.15) is 0 Å². The third kappa shape index (κ3) is 5.19. The third-order valence-electron chi connectivity index (χ3n) is 4.76. The summed E-state index contributed by atoms with van der Waals surface area (Å²) in [7, 11) is 0. The van der Waals surface area contributed by atoms with Gasteiger partial charge in [-0.1, -0.05) is 54.1 Å². The molecular weight excluding hydrogens is 400 g/mol. The van der Waals surface area contributed by atoms with Gasteiger partial charge in [0.25, 0.3) is 5.91 Å². The summed E-state index contributed by atoms with van der Waals surface area (Å²) >= 11 is 6.33. The second kappa shape index (κ2) is 9.01. The summed E-state index contributed by atoms with van der Waals surface area (Å²) in [6.07, 6.45) is 1.88. The molecule has 1 fully saturated rings. The Hall–Kier alpha value is -3.31. The van der Waals surface area contributed by atoms with Crippen LogP contribution >= 0.6 is 11.6 Å². The lowest BCUT2D eigenvalue weighted by Crippen LogP contribution is -2.20. The molecule has 1 aliphatic carbocycles. The molecule has 6 heteroatoms. The maximum atomic E-state index is 12.3. The fourth-order valence-corrected chi connectivity index (χ4v) is 3.27. The topological polar surface area (TPSA) is 67.4 Å². The van der Waals surface area contributed by atoms with Gasteiger partial charge in [0, 0.05) is 17.3 Å². The standard InChI is InChI=1S/C24H21ClN2O3/c25-21-13-18(16-5-2-1-3-6-16)11-12-22(21)30-15-23(28)26-19-7-4-8-20(14-19)27-24(29)17-9-10-17/h1-8,11-14,17H,9-10,15H2,(H,26,28)(H,27,29). The summed E-state index contributed by atoms with van der Waals surface area (Å²) in [5, 5.41) is 6.07. The average molecular weight is 421 g/mol. The van der Waals surface area contributed by atoms with Crippen molar-refractivity contribution in [2.45, 2.75) is 12.8 Å². The van der Waals surface area contributed by atoms with Crippen LogP contribution in [-0.2, 0) is 9.59 Å². The largest absolute Gasteiger partial charge is 0.482 e. The van der Waals surface area contributed by atoms with Crippen molar-refractivity contribution in [3.63, 3.8) is 0 Å². The Bertz CT molecular complexity index is 1070. The monoisotopic (exact) mass is 420 g/mol. The number of anilines is 2. The Balaban J connectivity index is 1.33. The normalized spacial score (nSPS) is 12.8. The number of amides is 2. The van der Waals surface area contributed by atoms with Gasteiger partial charge in [0.05, 0.1) is 5.02 Å². The third-order valence-corrected chi connectivity index (χ3v) is 5.06. The minimum atomic E-state index is -0.316. The molecule has 3 aromatic carbocycles. The quantitative estimate of drug-likeness (QED) is 0.539. The predicted octanol–water partition coefficient (Wildman–Crippen LogP) is 5.37. The maximum Gasteiger partial charge on any atom is 0.262 e. The van der Waals surface area contributed by atoms with Crippen molar-refractivity contribution in [2.24, 2.45) is 5.92 Å². The van der Waals surface area contributed by atoms with E-state index in [4.69, 9.17) is 16.3 Å². The summed E-state index contributed by atoms with van der Waals surface area (Å²) < 4.78 is 5.58. The number of hydrogen-bond acceptors (Lipinski definition) is 3. The zero-order chi connectivity index (χ0) is 20.9. The molecule has 3 aromatic rings. The molecule has 0 spiro atoms. The summed E-state index contributed by atoms with van der Waals surface area (Å²) in [6, 6.07) is 22.4. The zero-order valence-electron chi connectivity index (χ0n) is 16.2. The summed E-state index contributed by atoms with van der Waals surface area (Å²) in [6.45, 7) is -0.178. The van der Waals surface area contributed by atoms with Gasteiger partial charge in [-0.15, -0.1) is 0 Å². The van der Waals surface area contributed by atoms with Gasteiger partial charge in [-0.05, 0) is 54.3 Å². The van der Waals surface area contributed by atoms with E-state index in [1.165, 1.54) is 0 Å². The van der Waals surface area contributed by atoms with Crippen molar-refractivity contribution >= 4 is 34.8 Å². The molecule has 1 aliphatic rings. The highest BCUT2D eigenvalue weighted by Gasteiger charge is 2.29. The smallest absolute Gasteiger partial charge is 0.262 e. The van der Waals surface area contributed by atoms with Crippen LogP contribution in [0.25, 0.3) is 11.1 Å². The Kier molecular flexibility index (Phi) is 6.00. The molecule has 30 heavy (non-hydrogen) atoms. The lowest BCUT2D eigenvalue weighted by atomic mass is 10.1. The maximum absolute atomic E-state index is 12.3. The Morgan fingerprint density at radius 1 is 0.867 bits per heavy atom. The van der Waals surface area contributed by atoms with E-state index in [1.54, 1.807) is 30.3 Å². The van der Waals surface area contributed by atoms with E-state index in [9.17, 15) is 9.59 Å². The Morgan fingerprint density at radius 3 is 2.30 bits per heavy atom. The van der Waals surface area contributed by atoms with E-state index in [2.05, 4.69) is 10.6 Å². The van der Waals surface area contributed by atoms with Crippen molar-refractivity contribution in [2.75, 3.05) is 17.2 Å². The highest BCUT2D eigenvalue weighted by atomic mass is 35.5. The minimum Gasteiger partial charge on any atom is -0.482 e. The number of halogens is 1. The highest BCUT2D eigenvalue weighted by Crippen LogP contribution is 2.31. The fraction of sp³-hybridized carbons (Fsp3) is 0.167. The molecule has 0 atom stereocenters. The number of hydrogen-bond donors (Lipinski definition) is 2. The van der Waals surface area contributed by atoms with Gasteiger partial charge in [-0.25, -0.2) is 0 Å². The molecule has 0 aliphatic heterocycles. The highest BCUT2D eigenvalue weighted by molar-refractivity contribution is 6.32. The number of carbonyl (C=O) groups excluding carboxylic acids is 2. The van der Waals surface area contributed by atoms with Crippen LogP contribution in [0.15, 0.2) is 72.8 Å². The number of ether oxygens (including phenoxy) is 1. The van der Waals surface area contributed by atoms with Crippen LogP contribution in [0.5, 0.6) is 5.75 Å². The van der Waals surface area contributed by atoms with Crippen LogP contribution in [0.4, 0.5) is 11.4 Å². The lowest BCUT2D eigenvalue weighted by molar-refractivity contribution is -0.118. The molecular formula is C24H21ClN2O3. The van der Waals surface area contributed by atoms with E-state index in [1.807, 2.05) is 42.5 Å². The first-order valence-corrected chi connectivity index (χ1v) is 10.1. The van der Waals surface area contributed by atoms with Crippen LogP contribution in [0, 0.1) is 5.92 Å². The Labute approximate surface area is 180 Å². The van der Waals surface area contributed by atoms with E-state index >= 15 is 0 Å². The van der Waals surface area contributed by atoms with Crippen molar-refractivity contribution in [1.82, 2.24) is 0 Å². The van der Waals surface area contributed by atoms with Gasteiger partial charge in [0.15, 0.2) is 6.61 Å². The molecule has 4 rings (SSSR count). The lowest BCUT2D eigenvalue weighted by Gasteiger charge is -2.11. The molecule has 0 saturated heterocycles. The molecule has 2 amide bonds. The van der Waals surface area contributed by atoms with Crippen LogP contribution < -0.4 is 15.4 Å². The van der Waals surface area contributed by atoms with Crippen LogP contribution in [0.3, 0.4) is 0 Å². The molecule has 1 saturated carbocycles. The molecule has 0 bridgehead atoms. The van der Waals surface area contributed by atoms with Crippen molar-refractivity contribution in [1.29, 1.82) is 0 Å². The molecule has 0 heterocycles. The fourth-order valence-electron chi connectivity index (χ4n) is 3.03. The first-order valence-electron chi connectivity index (χ1n) is 9.77. The van der Waals surface area contributed by atoms with Crippen molar-refractivity contribution < 1.29 is 14.3 Å². The van der Waals surface area contributed by atoms with Crippen LogP contribution in [-0.4, -0.2) is 18.4 Å². The molecule has 5 nitrogen and oxygen atoms in total. The summed E-state index contributed by atoms with van der Waals surface area (Å²) in [4.78, 5) is 24.2. The predicted molar refractivity (Wildman–Crippen MR) is 119 cm³/mol. The molecule has 0 unspecified atom stereocenters. The van der Waals surface area contributed by atoms with E-state index in [0.29, 0.717) is 22.1 Å². The summed E-state index contributed by atoms with van der Waals surface area (Å²) in [5.74, 6) is 0.269. The van der Waals surface area contributed by atoms with Gasteiger partial charge >= 0.3 is 0 Å². The van der Waals surface area contributed by atoms with E-state index in [-0.39, 0.29) is 24.3 Å². The Morgan fingerprint density at radius 2 is 1.60 bits per heavy atom. The van der Waals surface area contributed by atoms with Gasteiger partial charge < -0.3 is 15.4 Å². The molecule has 2 N–H and O–H groups in total. The number of carbonyl (C=O) groups is 2. The van der Waals surface area contributed by atoms with E-state index < -0.39 is 0 Å². The number of rotatable bonds is 7. The summed E-state index contributed by atoms with van der Waals surface area (Å²) in [5.41, 5.74) is 3.27. The van der Waals surface area contributed by atoms with Crippen molar-refractivity contribution in [3.8, 4) is 16.9 Å². The molecule has 0 aromatic heterocycles. The van der Waals surface area contributed by atoms with Gasteiger partial charge in [0.2, 0.25) is 5.91 Å². The van der Waals surface area contributed by atoms with E-state index in [0.717, 1.165) is 24.0 Å². The number of benzene rings is 3. The minimum absolute atomic E-state index is 0.0235. The SMILES string of the molecule is O=C(COc1ccc(-c2ccccc2)cc1Cl)Nc1cccc(NC(=O)C2CC2)c1. The molecule has 152 valence electrons. The second-order valence-corrected chi connectivity index (χ2v) is 7.60. The van der Waals surface area contributed by atoms with Gasteiger partial charge in [-0.3, -0.25) is 9.59 Å². The first kappa shape index (κ1) is 20.0. The average Bonchev–Trinajstić information content (AvgIpc) is 3.59. The van der Waals surface area contributed by atoms with Crippen molar-refractivity contribution in [3.05, 3.63) is 77.8 Å². The molecule has 0 radical (unpaired) electrons. The number of nitrogens with one attached hydrogen (secondary N) is 2.